The molecule has 2 rings (SSSR count). The Balaban J connectivity index is 0.00000180. The van der Waals surface area contributed by atoms with Crippen LogP contribution >= 0.6 is 35.6 Å². The lowest BCUT2D eigenvalue weighted by Crippen LogP contribution is -2.07. The Morgan fingerprint density at radius 3 is 2.32 bits per heavy atom. The standard InChI is InChI=1S/C13H15Cl2N3.ClH/c14-8-6-12-16-13(7-9-15)18(17-12)10-11-4-2-1-3-5-11;/h1-5H,6-10H2;1H. The van der Waals surface area contributed by atoms with Crippen LogP contribution in [0.15, 0.2) is 30.3 Å². The van der Waals surface area contributed by atoms with Crippen molar-refractivity contribution < 1.29 is 0 Å². The van der Waals surface area contributed by atoms with Gasteiger partial charge in [0.2, 0.25) is 0 Å². The molecule has 0 bridgehead atoms. The van der Waals surface area contributed by atoms with Crippen molar-refractivity contribution in [1.82, 2.24) is 14.8 Å². The molecule has 1 heterocycles. The van der Waals surface area contributed by atoms with E-state index in [0.29, 0.717) is 18.2 Å². The van der Waals surface area contributed by atoms with Crippen LogP contribution in [0.2, 0.25) is 0 Å². The van der Waals surface area contributed by atoms with Crippen molar-refractivity contribution in [2.75, 3.05) is 11.8 Å². The monoisotopic (exact) mass is 319 g/mol. The third-order valence-electron chi connectivity index (χ3n) is 2.60. The van der Waals surface area contributed by atoms with E-state index in [1.807, 2.05) is 22.9 Å². The zero-order valence-electron chi connectivity index (χ0n) is 10.4. The van der Waals surface area contributed by atoms with Crippen molar-refractivity contribution in [1.29, 1.82) is 0 Å². The number of benzene rings is 1. The minimum Gasteiger partial charge on any atom is -0.245 e. The topological polar surface area (TPSA) is 30.7 Å². The zero-order valence-corrected chi connectivity index (χ0v) is 12.8. The number of hydrogen-bond donors (Lipinski definition) is 0. The number of rotatable bonds is 6. The molecule has 0 amide bonds. The van der Waals surface area contributed by atoms with Crippen LogP contribution in [0.25, 0.3) is 0 Å². The van der Waals surface area contributed by atoms with Gasteiger partial charge in [0.1, 0.15) is 5.82 Å². The van der Waals surface area contributed by atoms with E-state index in [0.717, 1.165) is 24.6 Å². The van der Waals surface area contributed by atoms with Crippen molar-refractivity contribution in [3.05, 3.63) is 47.5 Å². The maximum absolute atomic E-state index is 5.79. The SMILES string of the molecule is Cl.ClCCc1nc(CCCl)n(Cc2ccccc2)n1. The summed E-state index contributed by atoms with van der Waals surface area (Å²) in [5.74, 6) is 2.80. The zero-order chi connectivity index (χ0) is 12.8. The molecule has 104 valence electrons. The molecule has 0 saturated heterocycles. The summed E-state index contributed by atoms with van der Waals surface area (Å²) in [6.45, 7) is 0.725. The van der Waals surface area contributed by atoms with Crippen molar-refractivity contribution in [3.63, 3.8) is 0 Å². The van der Waals surface area contributed by atoms with Crippen LogP contribution in [0.4, 0.5) is 0 Å². The first-order valence-electron chi connectivity index (χ1n) is 5.92. The highest BCUT2D eigenvalue weighted by atomic mass is 35.5. The third-order valence-corrected chi connectivity index (χ3v) is 2.98. The first kappa shape index (κ1) is 16.3. The molecule has 0 aliphatic heterocycles. The molecule has 0 atom stereocenters. The number of hydrogen-bond acceptors (Lipinski definition) is 2. The number of halogens is 3. The lowest BCUT2D eigenvalue weighted by atomic mass is 10.2. The number of aromatic nitrogens is 3. The molecule has 0 fully saturated rings. The van der Waals surface area contributed by atoms with Crippen molar-refractivity contribution >= 4 is 35.6 Å². The van der Waals surface area contributed by atoms with Gasteiger partial charge in [-0.2, -0.15) is 5.10 Å². The van der Waals surface area contributed by atoms with Gasteiger partial charge >= 0.3 is 0 Å². The Labute approximate surface area is 129 Å². The highest BCUT2D eigenvalue weighted by molar-refractivity contribution is 6.18. The Kier molecular flexibility index (Phi) is 7.21. The Morgan fingerprint density at radius 2 is 1.68 bits per heavy atom. The maximum Gasteiger partial charge on any atom is 0.152 e. The average molecular weight is 321 g/mol. The summed E-state index contributed by atoms with van der Waals surface area (Å²) in [6, 6.07) is 10.2. The Morgan fingerprint density at radius 1 is 1.00 bits per heavy atom. The van der Waals surface area contributed by atoms with Gasteiger partial charge in [0, 0.05) is 24.6 Å². The first-order chi connectivity index (χ1) is 8.83. The van der Waals surface area contributed by atoms with E-state index in [1.54, 1.807) is 0 Å². The Bertz CT molecular complexity index is 485. The van der Waals surface area contributed by atoms with Gasteiger partial charge < -0.3 is 0 Å². The number of nitrogens with zero attached hydrogens (tertiary/aromatic N) is 3. The number of aryl methyl sites for hydroxylation is 2. The number of alkyl halides is 2. The van der Waals surface area contributed by atoms with E-state index in [1.165, 1.54) is 5.56 Å². The smallest absolute Gasteiger partial charge is 0.152 e. The van der Waals surface area contributed by atoms with Crippen LogP contribution in [0, 0.1) is 0 Å². The molecular weight excluding hydrogens is 305 g/mol. The molecule has 6 heteroatoms. The second-order valence-corrected chi connectivity index (χ2v) is 4.72. The summed E-state index contributed by atoms with van der Waals surface area (Å²) in [4.78, 5) is 4.47. The molecule has 1 aromatic carbocycles. The van der Waals surface area contributed by atoms with Gasteiger partial charge in [0.05, 0.1) is 6.54 Å². The van der Waals surface area contributed by atoms with Crippen molar-refractivity contribution in [2.45, 2.75) is 19.4 Å². The average Bonchev–Trinajstić information content (AvgIpc) is 2.74. The third kappa shape index (κ3) is 4.68. The molecule has 1 aromatic heterocycles. The van der Waals surface area contributed by atoms with Gasteiger partial charge in [-0.3, -0.25) is 0 Å². The second kappa shape index (κ2) is 8.41. The first-order valence-corrected chi connectivity index (χ1v) is 6.99. The molecule has 0 N–H and O–H groups in total. The highest BCUT2D eigenvalue weighted by Gasteiger charge is 2.09. The lowest BCUT2D eigenvalue weighted by molar-refractivity contribution is 0.638. The summed E-state index contributed by atoms with van der Waals surface area (Å²) in [5, 5.41) is 4.48. The van der Waals surface area contributed by atoms with E-state index in [4.69, 9.17) is 23.2 Å². The summed E-state index contributed by atoms with van der Waals surface area (Å²) >= 11 is 11.5. The molecule has 0 spiro atoms. The predicted molar refractivity (Wildman–Crippen MR) is 81.7 cm³/mol. The van der Waals surface area contributed by atoms with E-state index in [-0.39, 0.29) is 12.4 Å². The minimum absolute atomic E-state index is 0. The quantitative estimate of drug-likeness (QED) is 0.765. The largest absolute Gasteiger partial charge is 0.245 e. The van der Waals surface area contributed by atoms with Gasteiger partial charge in [-0.25, -0.2) is 9.67 Å². The fraction of sp³-hybridized carbons (Fsp3) is 0.385. The molecule has 0 radical (unpaired) electrons. The minimum atomic E-state index is 0. The van der Waals surface area contributed by atoms with Gasteiger partial charge in [0.25, 0.3) is 0 Å². The van der Waals surface area contributed by atoms with Gasteiger partial charge in [-0.15, -0.1) is 35.6 Å². The van der Waals surface area contributed by atoms with Gasteiger partial charge in [0.15, 0.2) is 5.82 Å². The summed E-state index contributed by atoms with van der Waals surface area (Å²) in [6.07, 6.45) is 1.42. The van der Waals surface area contributed by atoms with Crippen molar-refractivity contribution in [3.8, 4) is 0 Å². The summed E-state index contributed by atoms with van der Waals surface area (Å²) in [5.41, 5.74) is 1.20. The molecule has 3 nitrogen and oxygen atoms in total. The van der Waals surface area contributed by atoms with Crippen LogP contribution in [-0.4, -0.2) is 26.5 Å². The molecular formula is C13H16Cl3N3. The van der Waals surface area contributed by atoms with Crippen LogP contribution in [0.5, 0.6) is 0 Å². The fourth-order valence-electron chi connectivity index (χ4n) is 1.77. The Hall–Kier alpha value is -0.770. The molecule has 0 aliphatic rings. The van der Waals surface area contributed by atoms with E-state index < -0.39 is 0 Å². The molecule has 0 saturated carbocycles. The summed E-state index contributed by atoms with van der Waals surface area (Å²) in [7, 11) is 0. The van der Waals surface area contributed by atoms with E-state index in [9.17, 15) is 0 Å². The van der Waals surface area contributed by atoms with Gasteiger partial charge in [-0.05, 0) is 5.56 Å². The van der Waals surface area contributed by atoms with E-state index in [2.05, 4.69) is 22.2 Å². The lowest BCUT2D eigenvalue weighted by Gasteiger charge is -2.04. The van der Waals surface area contributed by atoms with Crippen LogP contribution in [0.1, 0.15) is 17.2 Å². The van der Waals surface area contributed by atoms with Crippen LogP contribution in [-0.2, 0) is 19.4 Å². The second-order valence-electron chi connectivity index (χ2n) is 3.97. The van der Waals surface area contributed by atoms with Crippen molar-refractivity contribution in [2.24, 2.45) is 0 Å². The van der Waals surface area contributed by atoms with Crippen LogP contribution < -0.4 is 0 Å². The molecule has 0 aliphatic carbocycles. The summed E-state index contributed by atoms with van der Waals surface area (Å²) < 4.78 is 1.92. The highest BCUT2D eigenvalue weighted by Crippen LogP contribution is 2.07. The molecule has 19 heavy (non-hydrogen) atoms. The molecule has 0 unspecified atom stereocenters. The van der Waals surface area contributed by atoms with Crippen LogP contribution in [0.3, 0.4) is 0 Å². The normalized spacial score (nSPS) is 10.2. The molecule has 2 aromatic rings. The van der Waals surface area contributed by atoms with E-state index >= 15 is 0 Å². The fourth-order valence-corrected chi connectivity index (χ4v) is 2.11. The van der Waals surface area contributed by atoms with Gasteiger partial charge in [-0.1, -0.05) is 30.3 Å². The maximum atomic E-state index is 5.79. The predicted octanol–water partition coefficient (Wildman–Crippen LogP) is 3.31.